The number of carboxylic acid groups (broad SMARTS) is 1. The second-order valence-corrected chi connectivity index (χ2v) is 5.32. The zero-order valence-electron chi connectivity index (χ0n) is 11.6. The standard InChI is InChI=1S/C14H17N3O4/c18-13(19)7-10-3-1-5-17(8-10)9-12-15-16-14(21-12)11-4-2-6-20-11/h2,4,6,10H,1,3,5,7-9H2,(H,18,19). The molecule has 0 bridgehead atoms. The lowest BCUT2D eigenvalue weighted by Gasteiger charge is -2.30. The SMILES string of the molecule is O=C(O)CC1CCCN(Cc2nnc(-c3ccco3)o2)C1. The van der Waals surface area contributed by atoms with Gasteiger partial charge < -0.3 is 13.9 Å². The lowest BCUT2D eigenvalue weighted by Crippen LogP contribution is -2.35. The van der Waals surface area contributed by atoms with Crippen molar-refractivity contribution in [1.29, 1.82) is 0 Å². The van der Waals surface area contributed by atoms with Crippen molar-refractivity contribution < 1.29 is 18.7 Å². The van der Waals surface area contributed by atoms with Crippen molar-refractivity contribution in [1.82, 2.24) is 15.1 Å². The molecule has 0 saturated carbocycles. The average Bonchev–Trinajstić information content (AvgIpc) is 3.08. The molecule has 0 amide bonds. The smallest absolute Gasteiger partial charge is 0.303 e. The topological polar surface area (TPSA) is 92.6 Å². The first kappa shape index (κ1) is 13.8. The van der Waals surface area contributed by atoms with Gasteiger partial charge in [-0.15, -0.1) is 10.2 Å². The van der Waals surface area contributed by atoms with Crippen molar-refractivity contribution in [3.8, 4) is 11.7 Å². The molecule has 3 rings (SSSR count). The van der Waals surface area contributed by atoms with Crippen molar-refractivity contribution >= 4 is 5.97 Å². The maximum atomic E-state index is 10.8. The summed E-state index contributed by atoms with van der Waals surface area (Å²) in [6.07, 6.45) is 3.74. The zero-order valence-corrected chi connectivity index (χ0v) is 11.6. The first-order chi connectivity index (χ1) is 10.2. The second kappa shape index (κ2) is 6.09. The van der Waals surface area contributed by atoms with E-state index in [1.807, 2.05) is 0 Å². The van der Waals surface area contributed by atoms with E-state index in [9.17, 15) is 4.79 Å². The summed E-state index contributed by atoms with van der Waals surface area (Å²) in [6, 6.07) is 3.53. The zero-order chi connectivity index (χ0) is 14.7. The molecule has 7 nitrogen and oxygen atoms in total. The lowest BCUT2D eigenvalue weighted by atomic mass is 9.95. The van der Waals surface area contributed by atoms with Crippen molar-refractivity contribution in [2.45, 2.75) is 25.8 Å². The van der Waals surface area contributed by atoms with Gasteiger partial charge in [0.2, 0.25) is 5.89 Å². The summed E-state index contributed by atoms with van der Waals surface area (Å²) < 4.78 is 10.8. The first-order valence-electron chi connectivity index (χ1n) is 7.01. The van der Waals surface area contributed by atoms with E-state index in [4.69, 9.17) is 13.9 Å². The molecule has 0 aromatic carbocycles. The quantitative estimate of drug-likeness (QED) is 0.900. The summed E-state index contributed by atoms with van der Waals surface area (Å²) in [6.45, 7) is 2.23. The molecule has 2 aromatic rings. The van der Waals surface area contributed by atoms with Gasteiger partial charge in [0.1, 0.15) is 0 Å². The van der Waals surface area contributed by atoms with Crippen LogP contribution in [0.15, 0.2) is 27.2 Å². The van der Waals surface area contributed by atoms with E-state index in [1.165, 1.54) is 0 Å². The maximum absolute atomic E-state index is 10.8. The highest BCUT2D eigenvalue weighted by Crippen LogP contribution is 2.22. The molecule has 0 aliphatic carbocycles. The Hall–Kier alpha value is -2.15. The number of hydrogen-bond donors (Lipinski definition) is 1. The molecule has 2 aromatic heterocycles. The maximum Gasteiger partial charge on any atom is 0.303 e. The number of aliphatic carboxylic acids is 1. The van der Waals surface area contributed by atoms with Gasteiger partial charge in [0.15, 0.2) is 5.76 Å². The van der Waals surface area contributed by atoms with Gasteiger partial charge in [-0.3, -0.25) is 9.69 Å². The van der Waals surface area contributed by atoms with Crippen LogP contribution < -0.4 is 0 Å². The fraction of sp³-hybridized carbons (Fsp3) is 0.500. The minimum Gasteiger partial charge on any atom is -0.481 e. The highest BCUT2D eigenvalue weighted by molar-refractivity contribution is 5.67. The molecule has 1 unspecified atom stereocenters. The van der Waals surface area contributed by atoms with E-state index in [0.29, 0.717) is 24.1 Å². The Morgan fingerprint density at radius 3 is 3.14 bits per heavy atom. The van der Waals surface area contributed by atoms with Crippen molar-refractivity contribution in [2.24, 2.45) is 5.92 Å². The molecular formula is C14H17N3O4. The van der Waals surface area contributed by atoms with E-state index in [-0.39, 0.29) is 12.3 Å². The van der Waals surface area contributed by atoms with Crippen LogP contribution in [0.1, 0.15) is 25.2 Å². The third-order valence-electron chi connectivity index (χ3n) is 3.62. The fourth-order valence-corrected chi connectivity index (χ4v) is 2.72. The number of aromatic nitrogens is 2. The number of hydrogen-bond acceptors (Lipinski definition) is 6. The Morgan fingerprint density at radius 1 is 1.48 bits per heavy atom. The fourth-order valence-electron chi connectivity index (χ4n) is 2.72. The summed E-state index contributed by atoms with van der Waals surface area (Å²) in [5, 5.41) is 16.9. The van der Waals surface area contributed by atoms with Crippen molar-refractivity contribution in [3.63, 3.8) is 0 Å². The van der Waals surface area contributed by atoms with Crippen LogP contribution in [0.4, 0.5) is 0 Å². The van der Waals surface area contributed by atoms with Crippen LogP contribution in [0, 0.1) is 5.92 Å². The Kier molecular flexibility index (Phi) is 4.01. The Labute approximate surface area is 121 Å². The largest absolute Gasteiger partial charge is 0.481 e. The molecule has 1 aliphatic rings. The molecule has 3 heterocycles. The molecule has 1 aliphatic heterocycles. The number of piperidine rings is 1. The van der Waals surface area contributed by atoms with E-state index in [0.717, 1.165) is 25.9 Å². The van der Waals surface area contributed by atoms with E-state index in [1.54, 1.807) is 18.4 Å². The van der Waals surface area contributed by atoms with Gasteiger partial charge in [0.05, 0.1) is 12.8 Å². The molecule has 1 saturated heterocycles. The minimum atomic E-state index is -0.736. The molecule has 0 spiro atoms. The van der Waals surface area contributed by atoms with Crippen LogP contribution in [-0.2, 0) is 11.3 Å². The summed E-state index contributed by atoms with van der Waals surface area (Å²) in [5.41, 5.74) is 0. The van der Waals surface area contributed by atoms with Gasteiger partial charge >= 0.3 is 5.97 Å². The Balaban J connectivity index is 1.60. The van der Waals surface area contributed by atoms with Crippen LogP contribution >= 0.6 is 0 Å². The minimum absolute atomic E-state index is 0.198. The van der Waals surface area contributed by atoms with Gasteiger partial charge in [-0.2, -0.15) is 0 Å². The van der Waals surface area contributed by atoms with Gasteiger partial charge in [0, 0.05) is 13.0 Å². The molecule has 1 atom stereocenters. The molecule has 1 fully saturated rings. The van der Waals surface area contributed by atoms with Crippen LogP contribution in [0.5, 0.6) is 0 Å². The van der Waals surface area contributed by atoms with Gasteiger partial charge in [-0.25, -0.2) is 0 Å². The monoisotopic (exact) mass is 291 g/mol. The Bertz CT molecular complexity index is 593. The summed E-state index contributed by atoms with van der Waals surface area (Å²) >= 11 is 0. The molecule has 1 N–H and O–H groups in total. The van der Waals surface area contributed by atoms with Crippen LogP contribution in [0.25, 0.3) is 11.7 Å². The lowest BCUT2D eigenvalue weighted by molar-refractivity contribution is -0.138. The normalized spacial score (nSPS) is 19.7. The van der Waals surface area contributed by atoms with Gasteiger partial charge in [-0.05, 0) is 37.4 Å². The van der Waals surface area contributed by atoms with Gasteiger partial charge in [0.25, 0.3) is 5.89 Å². The highest BCUT2D eigenvalue weighted by Gasteiger charge is 2.23. The van der Waals surface area contributed by atoms with E-state index in [2.05, 4.69) is 15.1 Å². The average molecular weight is 291 g/mol. The molecule has 7 heteroatoms. The molecule has 21 heavy (non-hydrogen) atoms. The second-order valence-electron chi connectivity index (χ2n) is 5.32. The Morgan fingerprint density at radius 2 is 2.38 bits per heavy atom. The van der Waals surface area contributed by atoms with Crippen LogP contribution in [0.3, 0.4) is 0 Å². The molecule has 112 valence electrons. The number of rotatable bonds is 5. The predicted octanol–water partition coefficient (Wildman–Crippen LogP) is 2.02. The van der Waals surface area contributed by atoms with Gasteiger partial charge in [-0.1, -0.05) is 0 Å². The number of likely N-dealkylation sites (tertiary alicyclic amines) is 1. The number of nitrogens with zero attached hydrogens (tertiary/aromatic N) is 3. The molecular weight excluding hydrogens is 274 g/mol. The summed E-state index contributed by atoms with van der Waals surface area (Å²) in [4.78, 5) is 13.0. The number of furan rings is 1. The number of carbonyl (C=O) groups is 1. The predicted molar refractivity (Wildman–Crippen MR) is 72.3 cm³/mol. The van der Waals surface area contributed by atoms with E-state index >= 15 is 0 Å². The van der Waals surface area contributed by atoms with E-state index < -0.39 is 5.97 Å². The third kappa shape index (κ3) is 3.49. The van der Waals surface area contributed by atoms with Crippen molar-refractivity contribution in [2.75, 3.05) is 13.1 Å². The summed E-state index contributed by atoms with van der Waals surface area (Å²) in [5.74, 6) is 0.908. The van der Waals surface area contributed by atoms with Crippen molar-refractivity contribution in [3.05, 3.63) is 24.3 Å². The van der Waals surface area contributed by atoms with Crippen LogP contribution in [0.2, 0.25) is 0 Å². The molecule has 0 radical (unpaired) electrons. The number of carboxylic acids is 1. The third-order valence-corrected chi connectivity index (χ3v) is 3.62. The first-order valence-corrected chi connectivity index (χ1v) is 7.01. The highest BCUT2D eigenvalue weighted by atomic mass is 16.4. The van der Waals surface area contributed by atoms with Crippen LogP contribution in [-0.4, -0.2) is 39.3 Å². The summed E-state index contributed by atoms with van der Waals surface area (Å²) in [7, 11) is 0.